The first kappa shape index (κ1) is 21.3. The van der Waals surface area contributed by atoms with Crippen molar-refractivity contribution in [2.45, 2.75) is 12.8 Å². The van der Waals surface area contributed by atoms with Crippen LogP contribution in [0.4, 0.5) is 5.69 Å². The molecular weight excluding hydrogens is 382 g/mol. The van der Waals surface area contributed by atoms with Gasteiger partial charge < -0.3 is 15.1 Å². The zero-order chi connectivity index (χ0) is 21.3. The number of rotatable bonds is 8. The molecule has 1 saturated heterocycles. The van der Waals surface area contributed by atoms with E-state index in [1.54, 1.807) is 0 Å². The molecule has 1 aliphatic rings. The lowest BCUT2D eigenvalue weighted by atomic mass is 10.0. The second-order valence-corrected chi connectivity index (χ2v) is 8.13. The molecule has 0 spiro atoms. The summed E-state index contributed by atoms with van der Waals surface area (Å²) < 4.78 is 0. The van der Waals surface area contributed by atoms with Gasteiger partial charge in [0.25, 0.3) is 0 Å². The van der Waals surface area contributed by atoms with Crippen LogP contribution in [0.1, 0.15) is 12.0 Å². The van der Waals surface area contributed by atoms with Gasteiger partial charge in [-0.05, 0) is 23.6 Å². The molecule has 0 unspecified atom stereocenters. The Hall–Kier alpha value is -2.95. The molecule has 4 heteroatoms. The molecule has 0 atom stereocenters. The number of hydrogen-bond acceptors (Lipinski definition) is 3. The van der Waals surface area contributed by atoms with Crippen molar-refractivity contribution >= 4 is 11.6 Å². The van der Waals surface area contributed by atoms with Crippen molar-refractivity contribution in [3.05, 3.63) is 90.5 Å². The van der Waals surface area contributed by atoms with Crippen molar-refractivity contribution in [2.24, 2.45) is 0 Å². The Morgan fingerprint density at radius 3 is 2.00 bits per heavy atom. The Morgan fingerprint density at radius 2 is 1.29 bits per heavy atom. The van der Waals surface area contributed by atoms with Gasteiger partial charge >= 0.3 is 0 Å². The van der Waals surface area contributed by atoms with Crippen LogP contribution in [0, 0.1) is 0 Å². The van der Waals surface area contributed by atoms with Crippen molar-refractivity contribution in [1.82, 2.24) is 9.80 Å². The predicted octanol–water partition coefficient (Wildman–Crippen LogP) is 4.54. The highest BCUT2D eigenvalue weighted by Gasteiger charge is 2.17. The maximum Gasteiger partial charge on any atom is 0.225 e. The summed E-state index contributed by atoms with van der Waals surface area (Å²) in [6.07, 6.45) is 1.62. The fourth-order valence-corrected chi connectivity index (χ4v) is 4.10. The summed E-state index contributed by atoms with van der Waals surface area (Å²) in [6.45, 7) is 6.13. The van der Waals surface area contributed by atoms with Gasteiger partial charge in [0.05, 0.1) is 0 Å². The van der Waals surface area contributed by atoms with E-state index in [4.69, 9.17) is 0 Å². The molecule has 31 heavy (non-hydrogen) atoms. The van der Waals surface area contributed by atoms with Crippen LogP contribution in [0.25, 0.3) is 11.1 Å². The van der Waals surface area contributed by atoms with Crippen LogP contribution in [-0.2, 0) is 11.2 Å². The summed E-state index contributed by atoms with van der Waals surface area (Å²) in [6, 6.07) is 28.9. The third-order valence-corrected chi connectivity index (χ3v) is 5.97. The van der Waals surface area contributed by atoms with Crippen LogP contribution >= 0.6 is 0 Å². The zero-order valence-corrected chi connectivity index (χ0v) is 18.0. The standard InChI is InChI=1S/C27H31N3O/c31-27(28-26-14-8-7-13-25(26)24-11-5-2-6-12-24)16-18-30-21-19-29(20-22-30)17-15-23-9-3-1-4-10-23/h1-14H,15-22H2,(H,28,31). The van der Waals surface area contributed by atoms with Crippen LogP contribution in [0.15, 0.2) is 84.9 Å². The summed E-state index contributed by atoms with van der Waals surface area (Å²) in [5, 5.41) is 3.12. The van der Waals surface area contributed by atoms with Gasteiger partial charge in [-0.15, -0.1) is 0 Å². The Morgan fingerprint density at radius 1 is 0.710 bits per heavy atom. The third-order valence-electron chi connectivity index (χ3n) is 5.97. The van der Waals surface area contributed by atoms with E-state index in [2.05, 4.69) is 63.6 Å². The van der Waals surface area contributed by atoms with Gasteiger partial charge in [-0.2, -0.15) is 0 Å². The van der Waals surface area contributed by atoms with E-state index in [0.717, 1.165) is 62.5 Å². The summed E-state index contributed by atoms with van der Waals surface area (Å²) in [7, 11) is 0. The number of nitrogens with zero attached hydrogens (tertiary/aromatic N) is 2. The number of carbonyl (C=O) groups is 1. The molecule has 1 amide bonds. The molecule has 0 saturated carbocycles. The Balaban J connectivity index is 1.21. The van der Waals surface area contributed by atoms with Gasteiger partial charge in [0.1, 0.15) is 0 Å². The average molecular weight is 414 g/mol. The highest BCUT2D eigenvalue weighted by Crippen LogP contribution is 2.27. The van der Waals surface area contributed by atoms with E-state index in [1.807, 2.05) is 36.4 Å². The largest absolute Gasteiger partial charge is 0.325 e. The van der Waals surface area contributed by atoms with Crippen molar-refractivity contribution in [1.29, 1.82) is 0 Å². The molecule has 0 aliphatic carbocycles. The number of amides is 1. The number of piperazine rings is 1. The van der Waals surface area contributed by atoms with E-state index in [1.165, 1.54) is 5.56 Å². The zero-order valence-electron chi connectivity index (χ0n) is 18.0. The minimum absolute atomic E-state index is 0.0786. The third kappa shape index (κ3) is 6.27. The van der Waals surface area contributed by atoms with E-state index in [-0.39, 0.29) is 5.91 Å². The van der Waals surface area contributed by atoms with Crippen molar-refractivity contribution < 1.29 is 4.79 Å². The first-order valence-corrected chi connectivity index (χ1v) is 11.2. The number of benzene rings is 3. The van der Waals surface area contributed by atoms with Crippen LogP contribution in [0.5, 0.6) is 0 Å². The lowest BCUT2D eigenvalue weighted by Gasteiger charge is -2.34. The normalized spacial score (nSPS) is 15.0. The minimum atomic E-state index is 0.0786. The molecule has 1 N–H and O–H groups in total. The first-order chi connectivity index (χ1) is 15.3. The Labute approximate surface area is 185 Å². The Kier molecular flexibility index (Phi) is 7.48. The van der Waals surface area contributed by atoms with Crippen LogP contribution < -0.4 is 5.32 Å². The molecule has 0 radical (unpaired) electrons. The maximum atomic E-state index is 12.6. The minimum Gasteiger partial charge on any atom is -0.325 e. The second kappa shape index (κ2) is 10.9. The van der Waals surface area contributed by atoms with Gasteiger partial charge in [0, 0.05) is 56.9 Å². The lowest BCUT2D eigenvalue weighted by Crippen LogP contribution is -2.47. The van der Waals surface area contributed by atoms with Crippen molar-refractivity contribution in [3.63, 3.8) is 0 Å². The van der Waals surface area contributed by atoms with E-state index >= 15 is 0 Å². The molecule has 4 rings (SSSR count). The monoisotopic (exact) mass is 413 g/mol. The van der Waals surface area contributed by atoms with Gasteiger partial charge in [-0.25, -0.2) is 0 Å². The average Bonchev–Trinajstić information content (AvgIpc) is 2.84. The maximum absolute atomic E-state index is 12.6. The van der Waals surface area contributed by atoms with E-state index in [0.29, 0.717) is 6.42 Å². The highest BCUT2D eigenvalue weighted by atomic mass is 16.1. The van der Waals surface area contributed by atoms with Crippen molar-refractivity contribution in [3.8, 4) is 11.1 Å². The molecule has 0 aromatic heterocycles. The number of para-hydroxylation sites is 1. The van der Waals surface area contributed by atoms with E-state index in [9.17, 15) is 4.79 Å². The highest BCUT2D eigenvalue weighted by molar-refractivity contribution is 5.95. The second-order valence-electron chi connectivity index (χ2n) is 8.13. The number of carbonyl (C=O) groups excluding carboxylic acids is 1. The molecular formula is C27H31N3O. The molecule has 4 nitrogen and oxygen atoms in total. The summed E-state index contributed by atoms with van der Waals surface area (Å²) in [5.41, 5.74) is 4.45. The van der Waals surface area contributed by atoms with Crippen LogP contribution in [0.3, 0.4) is 0 Å². The first-order valence-electron chi connectivity index (χ1n) is 11.2. The summed E-state index contributed by atoms with van der Waals surface area (Å²) in [4.78, 5) is 17.5. The fraction of sp³-hybridized carbons (Fsp3) is 0.296. The Bertz CT molecular complexity index is 950. The molecule has 1 heterocycles. The molecule has 3 aromatic carbocycles. The van der Waals surface area contributed by atoms with E-state index < -0.39 is 0 Å². The quantitative estimate of drug-likeness (QED) is 0.589. The van der Waals surface area contributed by atoms with Gasteiger partial charge in [-0.3, -0.25) is 4.79 Å². The lowest BCUT2D eigenvalue weighted by molar-refractivity contribution is -0.116. The summed E-state index contributed by atoms with van der Waals surface area (Å²) >= 11 is 0. The van der Waals surface area contributed by atoms with Gasteiger partial charge in [0.2, 0.25) is 5.91 Å². The van der Waals surface area contributed by atoms with Crippen LogP contribution in [0.2, 0.25) is 0 Å². The van der Waals surface area contributed by atoms with Gasteiger partial charge in [-0.1, -0.05) is 78.9 Å². The predicted molar refractivity (Wildman–Crippen MR) is 128 cm³/mol. The van der Waals surface area contributed by atoms with Crippen molar-refractivity contribution in [2.75, 3.05) is 44.6 Å². The molecule has 0 bridgehead atoms. The number of hydrogen-bond donors (Lipinski definition) is 1. The number of anilines is 1. The number of nitrogens with one attached hydrogen (secondary N) is 1. The van der Waals surface area contributed by atoms with Crippen LogP contribution in [-0.4, -0.2) is 55.0 Å². The van der Waals surface area contributed by atoms with Gasteiger partial charge in [0.15, 0.2) is 0 Å². The topological polar surface area (TPSA) is 35.6 Å². The molecule has 1 aliphatic heterocycles. The fourth-order valence-electron chi connectivity index (χ4n) is 4.10. The smallest absolute Gasteiger partial charge is 0.225 e. The molecule has 3 aromatic rings. The molecule has 160 valence electrons. The SMILES string of the molecule is O=C(CCN1CCN(CCc2ccccc2)CC1)Nc1ccccc1-c1ccccc1. The molecule has 1 fully saturated rings. The summed E-state index contributed by atoms with van der Waals surface area (Å²) in [5.74, 6) is 0.0786.